The van der Waals surface area contributed by atoms with Crippen LogP contribution in [0.2, 0.25) is 0 Å². The molecule has 3 N–H and O–H groups in total. The minimum atomic E-state index is -2.85. The van der Waals surface area contributed by atoms with Crippen LogP contribution < -0.4 is 15.8 Å². The van der Waals surface area contributed by atoms with Crippen LogP contribution in [0.5, 0.6) is 5.88 Å². The summed E-state index contributed by atoms with van der Waals surface area (Å²) in [6.07, 6.45) is 2.38. The lowest BCUT2D eigenvalue weighted by atomic mass is 9.80. The van der Waals surface area contributed by atoms with Crippen molar-refractivity contribution in [2.75, 3.05) is 25.9 Å². The van der Waals surface area contributed by atoms with Crippen LogP contribution >= 0.6 is 0 Å². The van der Waals surface area contributed by atoms with Gasteiger partial charge in [0, 0.05) is 37.1 Å². The van der Waals surface area contributed by atoms with Gasteiger partial charge in [0.15, 0.2) is 5.82 Å². The van der Waals surface area contributed by atoms with E-state index in [1.165, 1.54) is 18.3 Å². The fourth-order valence-electron chi connectivity index (χ4n) is 5.35. The van der Waals surface area contributed by atoms with Crippen LogP contribution in [0, 0.1) is 5.92 Å². The number of hydrogen-bond acceptors (Lipinski definition) is 7. The molecule has 2 unspecified atom stereocenters. The summed E-state index contributed by atoms with van der Waals surface area (Å²) in [5.74, 6) is -4.05. The molecule has 0 spiro atoms. The zero-order chi connectivity index (χ0) is 26.8. The highest BCUT2D eigenvalue weighted by molar-refractivity contribution is 5.98. The number of hydrogen-bond donors (Lipinski definition) is 2. The number of pyridine rings is 1. The van der Waals surface area contributed by atoms with E-state index in [9.17, 15) is 22.8 Å². The van der Waals surface area contributed by atoms with Gasteiger partial charge >= 0.3 is 0 Å². The van der Waals surface area contributed by atoms with Crippen molar-refractivity contribution in [2.24, 2.45) is 5.92 Å². The summed E-state index contributed by atoms with van der Waals surface area (Å²) < 4.78 is 48.1. The van der Waals surface area contributed by atoms with E-state index >= 15 is 0 Å². The molecule has 200 valence electrons. The molecule has 3 aromatic rings. The monoisotopic (exact) mass is 529 g/mol. The first-order valence-corrected chi connectivity index (χ1v) is 12.4. The molecule has 2 atom stereocenters. The maximum Gasteiger partial charge on any atom is 0.257 e. The second-order valence-electron chi connectivity index (χ2n) is 10.2. The van der Waals surface area contributed by atoms with Crippen molar-refractivity contribution in [1.82, 2.24) is 29.8 Å². The summed E-state index contributed by atoms with van der Waals surface area (Å²) in [5, 5.41) is 6.98. The smallest absolute Gasteiger partial charge is 0.257 e. The first-order chi connectivity index (χ1) is 18.1. The van der Waals surface area contributed by atoms with Gasteiger partial charge in [-0.05, 0) is 36.5 Å². The van der Waals surface area contributed by atoms with E-state index in [1.54, 1.807) is 16.8 Å². The van der Waals surface area contributed by atoms with Gasteiger partial charge in [0.2, 0.25) is 17.7 Å². The molecule has 1 saturated heterocycles. The van der Waals surface area contributed by atoms with Gasteiger partial charge in [-0.1, -0.05) is 0 Å². The van der Waals surface area contributed by atoms with Gasteiger partial charge < -0.3 is 20.7 Å². The number of amides is 2. The number of methoxy groups -OCH3 is 1. The van der Waals surface area contributed by atoms with Crippen LogP contribution in [0.3, 0.4) is 0 Å². The van der Waals surface area contributed by atoms with Gasteiger partial charge in [-0.2, -0.15) is 5.10 Å². The molecule has 0 aromatic carbocycles. The number of fused-ring (bicyclic) bond motifs is 1. The highest BCUT2D eigenvalue weighted by Crippen LogP contribution is 2.45. The summed E-state index contributed by atoms with van der Waals surface area (Å²) in [7, 11) is 1.37. The first kappa shape index (κ1) is 24.4. The molecule has 6 rings (SSSR count). The molecule has 1 aliphatic heterocycles. The Morgan fingerprint density at radius 3 is 2.63 bits per heavy atom. The van der Waals surface area contributed by atoms with Crippen molar-refractivity contribution in [3.8, 4) is 17.1 Å². The second-order valence-corrected chi connectivity index (χ2v) is 10.2. The van der Waals surface area contributed by atoms with E-state index in [-0.39, 0.29) is 24.5 Å². The molecular weight excluding hydrogens is 503 g/mol. The van der Waals surface area contributed by atoms with E-state index in [1.807, 2.05) is 6.07 Å². The lowest BCUT2D eigenvalue weighted by molar-refractivity contribution is -0.159. The van der Waals surface area contributed by atoms with Crippen LogP contribution in [-0.2, 0) is 4.79 Å². The summed E-state index contributed by atoms with van der Waals surface area (Å²) in [6.45, 7) is -0.365. The van der Waals surface area contributed by atoms with Gasteiger partial charge in [-0.25, -0.2) is 27.7 Å². The quantitative estimate of drug-likeness (QED) is 0.502. The zero-order valence-corrected chi connectivity index (χ0v) is 20.5. The maximum atomic E-state index is 14.8. The van der Waals surface area contributed by atoms with E-state index < -0.39 is 48.7 Å². The molecule has 3 aromatic heterocycles. The number of carbonyl (C=O) groups is 2. The number of nitrogen functional groups attached to an aromatic ring is 1. The topological polar surface area (TPSA) is 128 Å². The molecule has 0 radical (unpaired) electrons. The predicted molar refractivity (Wildman–Crippen MR) is 130 cm³/mol. The highest BCUT2D eigenvalue weighted by atomic mass is 19.3. The van der Waals surface area contributed by atoms with Crippen molar-refractivity contribution in [2.45, 2.75) is 49.7 Å². The molecule has 10 nitrogen and oxygen atoms in total. The minimum Gasteiger partial charge on any atom is -0.480 e. The maximum absolute atomic E-state index is 14.8. The number of rotatable bonds is 6. The molecular formula is C25H26F3N7O3. The van der Waals surface area contributed by atoms with Crippen molar-refractivity contribution >= 4 is 23.1 Å². The van der Waals surface area contributed by atoms with Crippen LogP contribution in [0.25, 0.3) is 16.8 Å². The van der Waals surface area contributed by atoms with Gasteiger partial charge in [-0.15, -0.1) is 0 Å². The largest absolute Gasteiger partial charge is 0.480 e. The van der Waals surface area contributed by atoms with Crippen LogP contribution in [0.4, 0.5) is 19.0 Å². The molecule has 0 bridgehead atoms. The van der Waals surface area contributed by atoms with Crippen LogP contribution in [0.1, 0.15) is 47.5 Å². The zero-order valence-electron chi connectivity index (χ0n) is 20.5. The number of alkyl halides is 3. The average Bonchev–Trinajstić information content (AvgIpc) is 3.55. The SMILES string of the molecule is COc1ncc(-c2cc(C3CC3)c3c(N)ncnn23)cc1C(=O)NC1CN(C(=O)C2CC(F)(F)C2)CC1F. The van der Waals surface area contributed by atoms with Crippen LogP contribution in [-0.4, -0.2) is 74.6 Å². The Bertz CT molecular complexity index is 1430. The molecule has 2 aliphatic carbocycles. The Kier molecular flexibility index (Phi) is 5.69. The average molecular weight is 530 g/mol. The lowest BCUT2D eigenvalue weighted by Crippen LogP contribution is -2.47. The van der Waals surface area contributed by atoms with E-state index in [0.29, 0.717) is 28.5 Å². The van der Waals surface area contributed by atoms with Crippen molar-refractivity contribution in [1.29, 1.82) is 0 Å². The molecule has 13 heteroatoms. The molecule has 2 saturated carbocycles. The first-order valence-electron chi connectivity index (χ1n) is 12.4. The number of halogens is 3. The van der Waals surface area contributed by atoms with Gasteiger partial charge in [0.1, 0.15) is 23.6 Å². The van der Waals surface area contributed by atoms with Gasteiger partial charge in [0.05, 0.1) is 25.4 Å². The fourth-order valence-corrected chi connectivity index (χ4v) is 5.35. The normalized spacial score (nSPS) is 22.9. The number of likely N-dealkylation sites (tertiary alicyclic amines) is 1. The summed E-state index contributed by atoms with van der Waals surface area (Å²) in [4.78, 5) is 35.4. The molecule has 3 aliphatic rings. The summed E-state index contributed by atoms with van der Waals surface area (Å²) in [5.41, 5.74) is 9.20. The van der Waals surface area contributed by atoms with Gasteiger partial charge in [0.25, 0.3) is 5.91 Å². The number of nitrogens with two attached hydrogens (primary N) is 1. The standard InChI is InChI=1S/C25H26F3N7O3/c1-38-23-16(22(36)33-18-10-34(9-17(18)26)24(37)14-6-25(27,28)7-14)4-13(8-30-23)19-5-15(12-2-3-12)20-21(29)31-11-32-35(19)20/h4-5,8,11-12,14,17-18H,2-3,6-7,9-10H2,1H3,(H,33,36)(H2,29,31,32). The third-order valence-electron chi connectivity index (χ3n) is 7.53. The number of anilines is 1. The van der Waals surface area contributed by atoms with E-state index in [4.69, 9.17) is 10.5 Å². The summed E-state index contributed by atoms with van der Waals surface area (Å²) in [6, 6.07) is 2.55. The fraction of sp³-hybridized carbons (Fsp3) is 0.480. The molecule has 4 heterocycles. The molecule has 38 heavy (non-hydrogen) atoms. The number of carbonyl (C=O) groups excluding carboxylic acids is 2. The summed E-state index contributed by atoms with van der Waals surface area (Å²) >= 11 is 0. The Labute approximate surface area is 215 Å². The Hall–Kier alpha value is -3.90. The number of nitrogens with one attached hydrogen (secondary N) is 1. The Balaban J connectivity index is 1.24. The van der Waals surface area contributed by atoms with Gasteiger partial charge in [-0.3, -0.25) is 9.59 Å². The number of ether oxygens (including phenoxy) is 1. The predicted octanol–water partition coefficient (Wildman–Crippen LogP) is 2.58. The second kappa shape index (κ2) is 8.84. The number of aromatic nitrogens is 4. The molecule has 2 amide bonds. The van der Waals surface area contributed by atoms with Crippen molar-refractivity contribution in [3.05, 3.63) is 35.8 Å². The Morgan fingerprint density at radius 2 is 1.95 bits per heavy atom. The van der Waals surface area contributed by atoms with E-state index in [0.717, 1.165) is 18.4 Å². The lowest BCUT2D eigenvalue weighted by Gasteiger charge is -2.36. The van der Waals surface area contributed by atoms with Crippen molar-refractivity contribution < 1.29 is 27.5 Å². The minimum absolute atomic E-state index is 0.0432. The third-order valence-corrected chi connectivity index (χ3v) is 7.53. The highest BCUT2D eigenvalue weighted by Gasteiger charge is 2.51. The van der Waals surface area contributed by atoms with E-state index in [2.05, 4.69) is 20.4 Å². The molecule has 3 fully saturated rings. The van der Waals surface area contributed by atoms with Crippen molar-refractivity contribution in [3.63, 3.8) is 0 Å². The third kappa shape index (κ3) is 4.19. The Morgan fingerprint density at radius 1 is 1.18 bits per heavy atom. The number of nitrogens with zero attached hydrogens (tertiary/aromatic N) is 5. The van der Waals surface area contributed by atoms with Crippen LogP contribution in [0.15, 0.2) is 24.7 Å².